The van der Waals surface area contributed by atoms with Crippen molar-refractivity contribution in [1.82, 2.24) is 10.3 Å². The number of aliphatic carboxylic acids is 1. The fourth-order valence-electron chi connectivity index (χ4n) is 1.81. The van der Waals surface area contributed by atoms with Crippen LogP contribution in [0, 0.1) is 0 Å². The van der Waals surface area contributed by atoms with E-state index in [-0.39, 0.29) is 6.42 Å². The molecule has 5 nitrogen and oxygen atoms in total. The topological polar surface area (TPSA) is 79.3 Å². The number of hydrogen-bond acceptors (Lipinski definition) is 3. The molecule has 2 N–H and O–H groups in total. The quantitative estimate of drug-likeness (QED) is 0.821. The predicted molar refractivity (Wildman–Crippen MR) is 83.3 cm³/mol. The normalized spacial score (nSPS) is 11.7. The molecule has 2 aromatic rings. The number of carboxylic acids is 1. The number of benzene rings is 1. The van der Waals surface area contributed by atoms with Crippen molar-refractivity contribution < 1.29 is 14.7 Å². The number of halogens is 2. The van der Waals surface area contributed by atoms with Crippen molar-refractivity contribution >= 4 is 35.1 Å². The van der Waals surface area contributed by atoms with E-state index in [0.29, 0.717) is 21.3 Å². The lowest BCUT2D eigenvalue weighted by Gasteiger charge is -2.14. The molecule has 2 rings (SSSR count). The van der Waals surface area contributed by atoms with Crippen LogP contribution in [0.25, 0.3) is 0 Å². The van der Waals surface area contributed by atoms with Crippen LogP contribution in [0.3, 0.4) is 0 Å². The number of carbonyl (C=O) groups is 2. The highest BCUT2D eigenvalue weighted by Gasteiger charge is 2.21. The Hall–Kier alpha value is -2.11. The Labute approximate surface area is 136 Å². The molecule has 1 amide bonds. The van der Waals surface area contributed by atoms with Crippen molar-refractivity contribution in [2.45, 2.75) is 12.5 Å². The van der Waals surface area contributed by atoms with E-state index < -0.39 is 17.9 Å². The molecule has 0 aliphatic heterocycles. The molecule has 0 aliphatic carbocycles. The van der Waals surface area contributed by atoms with Gasteiger partial charge in [-0.25, -0.2) is 9.78 Å². The van der Waals surface area contributed by atoms with Crippen molar-refractivity contribution in [2.75, 3.05) is 0 Å². The first-order valence-electron chi connectivity index (χ1n) is 6.35. The minimum atomic E-state index is -1.13. The maximum Gasteiger partial charge on any atom is 0.326 e. The zero-order valence-electron chi connectivity index (χ0n) is 11.3. The van der Waals surface area contributed by atoms with E-state index in [9.17, 15) is 14.7 Å². The molecule has 22 heavy (non-hydrogen) atoms. The lowest BCUT2D eigenvalue weighted by molar-refractivity contribution is -0.139. The van der Waals surface area contributed by atoms with Crippen molar-refractivity contribution in [1.29, 1.82) is 0 Å². The SMILES string of the molecule is O=C(N[C@@H](Cc1ccc(Cl)nc1)C(=O)O)c1ccc(Cl)cc1. The Morgan fingerprint density at radius 2 is 1.82 bits per heavy atom. The van der Waals surface area contributed by atoms with Gasteiger partial charge in [-0.3, -0.25) is 4.79 Å². The zero-order valence-corrected chi connectivity index (χ0v) is 12.8. The third-order valence-corrected chi connectivity index (χ3v) is 3.41. The predicted octanol–water partition coefficient (Wildman–Crippen LogP) is 2.81. The minimum Gasteiger partial charge on any atom is -0.480 e. The van der Waals surface area contributed by atoms with E-state index in [0.717, 1.165) is 0 Å². The largest absolute Gasteiger partial charge is 0.480 e. The minimum absolute atomic E-state index is 0.110. The maximum absolute atomic E-state index is 12.1. The molecule has 1 heterocycles. The van der Waals surface area contributed by atoms with Crippen LogP contribution in [0.15, 0.2) is 42.6 Å². The summed E-state index contributed by atoms with van der Waals surface area (Å²) in [5, 5.41) is 12.5. The van der Waals surface area contributed by atoms with Gasteiger partial charge in [0.2, 0.25) is 0 Å². The molecule has 0 fully saturated rings. The molecule has 0 saturated carbocycles. The fourth-order valence-corrected chi connectivity index (χ4v) is 2.04. The highest BCUT2D eigenvalue weighted by Crippen LogP contribution is 2.11. The molecule has 7 heteroatoms. The van der Waals surface area contributed by atoms with Crippen LogP contribution >= 0.6 is 23.2 Å². The number of amides is 1. The number of pyridine rings is 1. The maximum atomic E-state index is 12.1. The van der Waals surface area contributed by atoms with Gasteiger partial charge in [0.25, 0.3) is 5.91 Å². The molecule has 0 spiro atoms. The van der Waals surface area contributed by atoms with E-state index >= 15 is 0 Å². The van der Waals surface area contributed by atoms with E-state index in [1.165, 1.54) is 18.3 Å². The summed E-state index contributed by atoms with van der Waals surface area (Å²) in [6.45, 7) is 0. The number of hydrogen-bond donors (Lipinski definition) is 2. The van der Waals surface area contributed by atoms with Gasteiger partial charge in [0.1, 0.15) is 11.2 Å². The van der Waals surface area contributed by atoms with Crippen LogP contribution in [0.4, 0.5) is 0 Å². The van der Waals surface area contributed by atoms with Gasteiger partial charge >= 0.3 is 5.97 Å². The van der Waals surface area contributed by atoms with Crippen molar-refractivity contribution in [2.24, 2.45) is 0 Å². The Kier molecular flexibility index (Phi) is 5.35. The highest BCUT2D eigenvalue weighted by atomic mass is 35.5. The molecule has 1 aromatic heterocycles. The molecule has 114 valence electrons. The van der Waals surface area contributed by atoms with Gasteiger partial charge in [0.05, 0.1) is 0 Å². The lowest BCUT2D eigenvalue weighted by Crippen LogP contribution is -2.42. The van der Waals surface area contributed by atoms with Gasteiger partial charge in [0.15, 0.2) is 0 Å². The second kappa shape index (κ2) is 7.24. The zero-order chi connectivity index (χ0) is 16.1. The van der Waals surface area contributed by atoms with Crippen molar-refractivity contribution in [3.8, 4) is 0 Å². The molecule has 0 radical (unpaired) electrons. The summed E-state index contributed by atoms with van der Waals surface area (Å²) < 4.78 is 0. The van der Waals surface area contributed by atoms with E-state index in [2.05, 4.69) is 10.3 Å². The summed E-state index contributed by atoms with van der Waals surface area (Å²) in [5.74, 6) is -1.61. The molecule has 0 saturated heterocycles. The number of rotatable bonds is 5. The van der Waals surface area contributed by atoms with Crippen molar-refractivity contribution in [3.05, 3.63) is 63.9 Å². The van der Waals surface area contributed by atoms with Crippen LogP contribution in [-0.2, 0) is 11.2 Å². The van der Waals surface area contributed by atoms with Gasteiger partial charge in [-0.15, -0.1) is 0 Å². The Morgan fingerprint density at radius 1 is 1.14 bits per heavy atom. The second-order valence-electron chi connectivity index (χ2n) is 4.56. The monoisotopic (exact) mass is 338 g/mol. The Bertz CT molecular complexity index is 672. The van der Waals surface area contributed by atoms with Crippen LogP contribution in [0.2, 0.25) is 10.2 Å². The summed E-state index contributed by atoms with van der Waals surface area (Å²) in [5.41, 5.74) is 0.998. The van der Waals surface area contributed by atoms with Crippen molar-refractivity contribution in [3.63, 3.8) is 0 Å². The number of carboxylic acid groups (broad SMARTS) is 1. The average molecular weight is 339 g/mol. The van der Waals surface area contributed by atoms with Crippen LogP contribution in [0.1, 0.15) is 15.9 Å². The summed E-state index contributed by atoms with van der Waals surface area (Å²) >= 11 is 11.4. The molecule has 1 aromatic carbocycles. The van der Waals surface area contributed by atoms with Gasteiger partial charge in [0, 0.05) is 23.2 Å². The summed E-state index contributed by atoms with van der Waals surface area (Å²) in [6.07, 6.45) is 1.59. The summed E-state index contributed by atoms with van der Waals surface area (Å²) in [7, 11) is 0. The second-order valence-corrected chi connectivity index (χ2v) is 5.39. The average Bonchev–Trinajstić information content (AvgIpc) is 2.49. The van der Waals surface area contributed by atoms with Gasteiger partial charge < -0.3 is 10.4 Å². The first-order valence-corrected chi connectivity index (χ1v) is 7.11. The number of nitrogens with one attached hydrogen (secondary N) is 1. The summed E-state index contributed by atoms with van der Waals surface area (Å²) in [4.78, 5) is 27.3. The molecular weight excluding hydrogens is 327 g/mol. The molecular formula is C15H12Cl2N2O3. The number of aromatic nitrogens is 1. The summed E-state index contributed by atoms with van der Waals surface area (Å²) in [6, 6.07) is 8.35. The third kappa shape index (κ3) is 4.44. The standard InChI is InChI=1S/C15H12Cl2N2O3/c16-11-4-2-10(3-5-11)14(20)19-12(15(21)22)7-9-1-6-13(17)18-8-9/h1-6,8,12H,7H2,(H,19,20)(H,21,22)/t12-/m0/s1. The van der Waals surface area contributed by atoms with Crippen LogP contribution in [0.5, 0.6) is 0 Å². The van der Waals surface area contributed by atoms with Crippen LogP contribution in [-0.4, -0.2) is 28.0 Å². The van der Waals surface area contributed by atoms with Gasteiger partial charge in [-0.2, -0.15) is 0 Å². The number of nitrogens with zero attached hydrogens (tertiary/aromatic N) is 1. The van der Waals surface area contributed by atoms with E-state index in [1.54, 1.807) is 24.3 Å². The molecule has 0 bridgehead atoms. The van der Waals surface area contributed by atoms with E-state index in [4.69, 9.17) is 23.2 Å². The third-order valence-electron chi connectivity index (χ3n) is 2.94. The molecule has 0 aliphatic rings. The molecule has 1 atom stereocenters. The van der Waals surface area contributed by atoms with E-state index in [1.807, 2.05) is 0 Å². The highest BCUT2D eigenvalue weighted by molar-refractivity contribution is 6.30. The molecule has 0 unspecified atom stereocenters. The first-order chi connectivity index (χ1) is 10.5. The fraction of sp³-hybridized carbons (Fsp3) is 0.133. The number of carbonyl (C=O) groups excluding carboxylic acids is 1. The first kappa shape index (κ1) is 16.3. The smallest absolute Gasteiger partial charge is 0.326 e. The van der Waals surface area contributed by atoms with Crippen LogP contribution < -0.4 is 5.32 Å². The lowest BCUT2D eigenvalue weighted by atomic mass is 10.1. The van der Waals surface area contributed by atoms with Gasteiger partial charge in [-0.05, 0) is 35.9 Å². The Balaban J connectivity index is 2.08. The van der Waals surface area contributed by atoms with Gasteiger partial charge in [-0.1, -0.05) is 29.3 Å². The Morgan fingerprint density at radius 3 is 2.36 bits per heavy atom.